The van der Waals surface area contributed by atoms with Crippen LogP contribution in [0.5, 0.6) is 5.75 Å². The summed E-state index contributed by atoms with van der Waals surface area (Å²) in [6.45, 7) is 0. The summed E-state index contributed by atoms with van der Waals surface area (Å²) in [7, 11) is -3.96. The summed E-state index contributed by atoms with van der Waals surface area (Å²) in [5.41, 5.74) is 11.7. The number of phenols is 1. The zero-order valence-corrected chi connectivity index (χ0v) is 13.6. The molecule has 0 fully saturated rings. The first kappa shape index (κ1) is 16.6. The van der Waals surface area contributed by atoms with Gasteiger partial charge in [-0.15, -0.1) is 0 Å². The van der Waals surface area contributed by atoms with Crippen molar-refractivity contribution in [2.75, 3.05) is 15.8 Å². The van der Waals surface area contributed by atoms with Crippen LogP contribution in [0.25, 0.3) is 0 Å². The number of nitrogen functional groups attached to an aromatic ring is 2. The lowest BCUT2D eigenvalue weighted by Crippen LogP contribution is -2.29. The molecule has 0 saturated carbocycles. The molecule has 0 spiro atoms. The zero-order chi connectivity index (χ0) is 18.2. The Morgan fingerprint density at radius 1 is 1.08 bits per heavy atom. The molecule has 1 aliphatic rings. The highest BCUT2D eigenvalue weighted by molar-refractivity contribution is 7.91. The van der Waals surface area contributed by atoms with Crippen LogP contribution in [0.2, 0.25) is 0 Å². The number of rotatable bonds is 4. The van der Waals surface area contributed by atoms with Crippen LogP contribution in [0.4, 0.5) is 17.6 Å². The van der Waals surface area contributed by atoms with Gasteiger partial charge in [0.05, 0.1) is 6.20 Å². The van der Waals surface area contributed by atoms with Crippen LogP contribution in [-0.4, -0.2) is 33.6 Å². The Bertz CT molecular complexity index is 941. The number of benzene rings is 1. The Morgan fingerprint density at radius 2 is 1.76 bits per heavy atom. The molecule has 2 aromatic rings. The SMILES string of the molecule is Nc1nc(N)nc(CCc2ccc(N3C=C(O)NS3(=O)=O)c(O)c2)n1. The van der Waals surface area contributed by atoms with E-state index in [4.69, 9.17) is 11.5 Å². The molecular formula is C13H15N7O4S. The maximum absolute atomic E-state index is 11.8. The minimum absolute atomic E-state index is 0.00829. The molecule has 7 N–H and O–H groups in total. The van der Waals surface area contributed by atoms with E-state index < -0.39 is 16.1 Å². The van der Waals surface area contributed by atoms with Crippen LogP contribution >= 0.6 is 0 Å². The van der Waals surface area contributed by atoms with Crippen molar-refractivity contribution in [3.8, 4) is 5.75 Å². The number of aliphatic hydroxyl groups excluding tert-OH is 1. The first-order chi connectivity index (χ1) is 11.7. The van der Waals surface area contributed by atoms with Gasteiger partial charge in [0, 0.05) is 6.42 Å². The van der Waals surface area contributed by atoms with Gasteiger partial charge >= 0.3 is 10.2 Å². The second-order valence-electron chi connectivity index (χ2n) is 5.21. The minimum Gasteiger partial charge on any atom is -0.506 e. The van der Waals surface area contributed by atoms with Gasteiger partial charge < -0.3 is 21.7 Å². The van der Waals surface area contributed by atoms with E-state index in [-0.39, 0.29) is 23.3 Å². The zero-order valence-electron chi connectivity index (χ0n) is 12.8. The van der Waals surface area contributed by atoms with Crippen LogP contribution < -0.4 is 20.5 Å². The number of phenolic OH excluding ortho intramolecular Hbond substituents is 1. The minimum atomic E-state index is -3.96. The highest BCUT2D eigenvalue weighted by Crippen LogP contribution is 2.32. The van der Waals surface area contributed by atoms with Crippen LogP contribution in [0.15, 0.2) is 30.3 Å². The lowest BCUT2D eigenvalue weighted by atomic mass is 10.1. The third kappa shape index (κ3) is 3.47. The Hall–Kier alpha value is -3.28. The number of aliphatic hydroxyl groups is 1. The molecule has 2 heterocycles. The monoisotopic (exact) mass is 365 g/mol. The predicted octanol–water partition coefficient (Wildman–Crippen LogP) is -0.462. The highest BCUT2D eigenvalue weighted by Gasteiger charge is 2.30. The Balaban J connectivity index is 1.78. The van der Waals surface area contributed by atoms with E-state index in [0.717, 1.165) is 16.1 Å². The normalized spacial score (nSPS) is 15.7. The molecule has 0 aliphatic carbocycles. The van der Waals surface area contributed by atoms with E-state index in [1.54, 1.807) is 6.07 Å². The van der Waals surface area contributed by atoms with Crippen molar-refractivity contribution in [3.63, 3.8) is 0 Å². The van der Waals surface area contributed by atoms with Crippen LogP contribution in [0, 0.1) is 0 Å². The van der Waals surface area contributed by atoms with Gasteiger partial charge in [-0.2, -0.15) is 23.4 Å². The first-order valence-corrected chi connectivity index (χ1v) is 8.49. The van der Waals surface area contributed by atoms with E-state index in [9.17, 15) is 18.6 Å². The van der Waals surface area contributed by atoms with Crippen LogP contribution in [0.3, 0.4) is 0 Å². The molecule has 0 unspecified atom stereocenters. The Labute approximate surface area is 142 Å². The second kappa shape index (κ2) is 5.98. The van der Waals surface area contributed by atoms with Crippen molar-refractivity contribution in [2.45, 2.75) is 12.8 Å². The molecule has 3 rings (SSSR count). The largest absolute Gasteiger partial charge is 0.506 e. The predicted molar refractivity (Wildman–Crippen MR) is 89.4 cm³/mol. The number of anilines is 3. The molecule has 1 aliphatic heterocycles. The Morgan fingerprint density at radius 3 is 2.32 bits per heavy atom. The summed E-state index contributed by atoms with van der Waals surface area (Å²) in [6, 6.07) is 4.48. The van der Waals surface area contributed by atoms with Gasteiger partial charge in [0.15, 0.2) is 0 Å². The van der Waals surface area contributed by atoms with Gasteiger partial charge in [0.2, 0.25) is 17.8 Å². The molecule has 1 aromatic heterocycles. The summed E-state index contributed by atoms with van der Waals surface area (Å²) in [4.78, 5) is 11.6. The number of aromatic nitrogens is 3. The van der Waals surface area contributed by atoms with Gasteiger partial charge in [-0.3, -0.25) is 0 Å². The first-order valence-electron chi connectivity index (χ1n) is 7.05. The third-order valence-electron chi connectivity index (χ3n) is 3.36. The van der Waals surface area contributed by atoms with Gasteiger partial charge in [0.1, 0.15) is 17.3 Å². The fourth-order valence-electron chi connectivity index (χ4n) is 2.32. The number of hydrogen-bond acceptors (Lipinski definition) is 9. The maximum Gasteiger partial charge on any atom is 0.330 e. The smallest absolute Gasteiger partial charge is 0.330 e. The molecule has 12 heteroatoms. The van der Waals surface area contributed by atoms with Gasteiger partial charge in [-0.1, -0.05) is 6.07 Å². The van der Waals surface area contributed by atoms with Crippen molar-refractivity contribution < 1.29 is 18.6 Å². The molecule has 0 atom stereocenters. The molecular weight excluding hydrogens is 350 g/mol. The number of hydrogen-bond donors (Lipinski definition) is 5. The quantitative estimate of drug-likeness (QED) is 0.479. The second-order valence-corrected chi connectivity index (χ2v) is 6.76. The number of nitrogens with one attached hydrogen (secondary N) is 1. The molecule has 0 saturated heterocycles. The highest BCUT2D eigenvalue weighted by atomic mass is 32.2. The lowest BCUT2D eigenvalue weighted by Gasteiger charge is -2.16. The van der Waals surface area contributed by atoms with Crippen molar-refractivity contribution in [2.24, 2.45) is 0 Å². The molecule has 0 bridgehead atoms. The Kier molecular flexibility index (Phi) is 3.96. The average molecular weight is 365 g/mol. The van der Waals surface area contributed by atoms with Crippen molar-refractivity contribution in [1.29, 1.82) is 0 Å². The van der Waals surface area contributed by atoms with Gasteiger partial charge in [0.25, 0.3) is 0 Å². The number of aryl methyl sites for hydroxylation is 2. The van der Waals surface area contributed by atoms with E-state index in [1.165, 1.54) is 12.1 Å². The summed E-state index contributed by atoms with van der Waals surface area (Å²) < 4.78 is 26.3. The molecule has 11 nitrogen and oxygen atoms in total. The summed E-state index contributed by atoms with van der Waals surface area (Å²) in [5.74, 6) is -0.331. The van der Waals surface area contributed by atoms with E-state index in [1.807, 2.05) is 4.72 Å². The average Bonchev–Trinajstić information content (AvgIpc) is 2.77. The molecule has 0 radical (unpaired) electrons. The number of nitrogens with two attached hydrogens (primary N) is 2. The lowest BCUT2D eigenvalue weighted by molar-refractivity contribution is 0.392. The van der Waals surface area contributed by atoms with Crippen molar-refractivity contribution >= 4 is 27.8 Å². The standard InChI is InChI=1S/C13H15N7O4S/c14-12-16-10(17-13(15)18-12)4-2-7-1-3-8(9(21)5-7)20-6-11(22)19-25(20,23)24/h1,3,5-6,19,21-22H,2,4H2,(H4,14,15,16,17,18). The molecule has 25 heavy (non-hydrogen) atoms. The van der Waals surface area contributed by atoms with Crippen molar-refractivity contribution in [3.05, 3.63) is 41.7 Å². The summed E-state index contributed by atoms with van der Waals surface area (Å²) in [5, 5.41) is 19.4. The topological polar surface area (TPSA) is 181 Å². The van der Waals surface area contributed by atoms with Gasteiger partial charge in [-0.05, 0) is 24.1 Å². The third-order valence-corrected chi connectivity index (χ3v) is 4.65. The fourth-order valence-corrected chi connectivity index (χ4v) is 3.39. The maximum atomic E-state index is 11.8. The molecule has 132 valence electrons. The number of nitrogens with zero attached hydrogens (tertiary/aromatic N) is 4. The van der Waals surface area contributed by atoms with Crippen LogP contribution in [-0.2, 0) is 23.1 Å². The van der Waals surface area contributed by atoms with E-state index in [2.05, 4.69) is 15.0 Å². The molecule has 1 aromatic carbocycles. The van der Waals surface area contributed by atoms with Crippen LogP contribution in [0.1, 0.15) is 11.4 Å². The van der Waals surface area contributed by atoms with E-state index in [0.29, 0.717) is 18.7 Å². The number of aromatic hydroxyl groups is 1. The fraction of sp³-hybridized carbons (Fsp3) is 0.154. The molecule has 0 amide bonds. The van der Waals surface area contributed by atoms with Crippen molar-refractivity contribution in [1.82, 2.24) is 19.7 Å². The van der Waals surface area contributed by atoms with E-state index >= 15 is 0 Å². The van der Waals surface area contributed by atoms with Gasteiger partial charge in [-0.25, -0.2) is 9.03 Å². The summed E-state index contributed by atoms with van der Waals surface area (Å²) >= 11 is 0. The summed E-state index contributed by atoms with van der Waals surface area (Å²) in [6.07, 6.45) is 1.82.